The number of fused-ring (bicyclic) bond motifs is 3. The van der Waals surface area contributed by atoms with Gasteiger partial charge in [0.1, 0.15) is 5.82 Å². The molecule has 1 aliphatic carbocycles. The van der Waals surface area contributed by atoms with Crippen molar-refractivity contribution in [2.45, 2.75) is 45.2 Å². The number of hydrogen-bond acceptors (Lipinski definition) is 5. The van der Waals surface area contributed by atoms with E-state index in [2.05, 4.69) is 11.4 Å². The van der Waals surface area contributed by atoms with Crippen molar-refractivity contribution in [2.75, 3.05) is 20.7 Å². The van der Waals surface area contributed by atoms with Gasteiger partial charge >= 0.3 is 6.09 Å². The molecule has 0 saturated carbocycles. The second kappa shape index (κ2) is 8.63. The SMILES string of the molecule is CCOC(=O)n1c2c(c3c1CC(C(=O)c1ccc(F)cc1)NC3(C)C)C=C(N(C)C)C=CC2. The Morgan fingerprint density at radius 3 is 2.55 bits per heavy atom. The largest absolute Gasteiger partial charge is 0.449 e. The highest BCUT2D eigenvalue weighted by molar-refractivity contribution is 6.00. The van der Waals surface area contributed by atoms with Crippen molar-refractivity contribution in [3.8, 4) is 0 Å². The van der Waals surface area contributed by atoms with Crippen molar-refractivity contribution in [3.05, 3.63) is 76.0 Å². The van der Waals surface area contributed by atoms with Gasteiger partial charge in [0.25, 0.3) is 0 Å². The number of Topliss-reactive ketones (excluding diaryl/α,β-unsaturated/α-hetero) is 1. The second-order valence-electron chi connectivity index (χ2n) is 9.18. The van der Waals surface area contributed by atoms with Gasteiger partial charge in [0.15, 0.2) is 5.78 Å². The first-order chi connectivity index (χ1) is 15.6. The number of aromatic nitrogens is 1. The van der Waals surface area contributed by atoms with Crippen LogP contribution in [0.15, 0.2) is 42.1 Å². The number of carbonyl (C=O) groups excluding carboxylic acids is 2. The lowest BCUT2D eigenvalue weighted by molar-refractivity contribution is 0.0910. The van der Waals surface area contributed by atoms with E-state index in [1.807, 2.05) is 45.0 Å². The van der Waals surface area contributed by atoms with E-state index < -0.39 is 17.7 Å². The molecule has 7 heteroatoms. The van der Waals surface area contributed by atoms with Crippen LogP contribution in [0.5, 0.6) is 0 Å². The lowest BCUT2D eigenvalue weighted by Crippen LogP contribution is -2.53. The molecule has 0 spiro atoms. The first kappa shape index (κ1) is 23.0. The normalized spacial score (nSPS) is 18.6. The van der Waals surface area contributed by atoms with E-state index in [0.29, 0.717) is 18.4 Å². The summed E-state index contributed by atoms with van der Waals surface area (Å²) in [6, 6.07) is 5.01. The monoisotopic (exact) mass is 451 g/mol. The molecule has 1 unspecified atom stereocenters. The number of nitrogens with zero attached hydrogens (tertiary/aromatic N) is 2. The van der Waals surface area contributed by atoms with Crippen molar-refractivity contribution in [2.24, 2.45) is 0 Å². The molecule has 0 amide bonds. The summed E-state index contributed by atoms with van der Waals surface area (Å²) in [5.74, 6) is -0.521. The van der Waals surface area contributed by atoms with Gasteiger partial charge in [-0.3, -0.25) is 14.7 Å². The third kappa shape index (κ3) is 4.13. The average molecular weight is 452 g/mol. The average Bonchev–Trinajstić information content (AvgIpc) is 2.91. The highest BCUT2D eigenvalue weighted by Crippen LogP contribution is 2.40. The Kier molecular flexibility index (Phi) is 6.01. The number of allylic oxidation sites excluding steroid dienone is 2. The summed E-state index contributed by atoms with van der Waals surface area (Å²) >= 11 is 0. The maximum atomic E-state index is 13.4. The van der Waals surface area contributed by atoms with Crippen LogP contribution in [-0.4, -0.2) is 48.1 Å². The van der Waals surface area contributed by atoms with Crippen LogP contribution in [0.3, 0.4) is 0 Å². The Morgan fingerprint density at radius 1 is 1.21 bits per heavy atom. The molecule has 0 bridgehead atoms. The number of rotatable bonds is 4. The Labute approximate surface area is 193 Å². The van der Waals surface area contributed by atoms with Crippen LogP contribution >= 0.6 is 0 Å². The number of ketones is 1. The zero-order chi connectivity index (χ0) is 23.9. The van der Waals surface area contributed by atoms with E-state index in [4.69, 9.17) is 4.74 Å². The summed E-state index contributed by atoms with van der Waals surface area (Å²) in [5.41, 5.74) is 4.49. The molecule has 6 nitrogen and oxygen atoms in total. The maximum absolute atomic E-state index is 13.4. The minimum atomic E-state index is -0.589. The van der Waals surface area contributed by atoms with Crippen LogP contribution in [0.2, 0.25) is 0 Å². The van der Waals surface area contributed by atoms with Gasteiger partial charge in [-0.1, -0.05) is 6.08 Å². The minimum Gasteiger partial charge on any atom is -0.449 e. The fraction of sp³-hybridized carbons (Fsp3) is 0.385. The van der Waals surface area contributed by atoms with Crippen LogP contribution in [0.4, 0.5) is 9.18 Å². The zero-order valence-electron chi connectivity index (χ0n) is 19.7. The first-order valence-corrected chi connectivity index (χ1v) is 11.2. The quantitative estimate of drug-likeness (QED) is 0.703. The molecule has 2 aromatic rings. The smallest absolute Gasteiger partial charge is 0.418 e. The lowest BCUT2D eigenvalue weighted by atomic mass is 9.81. The van der Waals surface area contributed by atoms with Crippen molar-refractivity contribution in [3.63, 3.8) is 0 Å². The summed E-state index contributed by atoms with van der Waals surface area (Å²) in [6.07, 6.45) is 6.65. The summed E-state index contributed by atoms with van der Waals surface area (Å²) in [7, 11) is 3.97. The molecule has 174 valence electrons. The molecule has 0 radical (unpaired) electrons. The Morgan fingerprint density at radius 2 is 1.91 bits per heavy atom. The van der Waals surface area contributed by atoms with Crippen LogP contribution < -0.4 is 5.32 Å². The van der Waals surface area contributed by atoms with Gasteiger partial charge in [0, 0.05) is 66.3 Å². The van der Waals surface area contributed by atoms with E-state index >= 15 is 0 Å². The molecule has 1 aromatic heterocycles. The van der Waals surface area contributed by atoms with E-state index in [1.165, 1.54) is 24.3 Å². The van der Waals surface area contributed by atoms with Crippen LogP contribution in [0.25, 0.3) is 6.08 Å². The standard InChI is InChI=1S/C26H30FN3O3/c1-6-33-25(32)30-21-9-7-8-18(29(4)5)14-19(21)23-22(30)15-20(28-26(23,2)3)24(31)16-10-12-17(27)13-11-16/h7-8,10-14,20,28H,6,9,15H2,1-5H3. The molecule has 2 heterocycles. The van der Waals surface area contributed by atoms with E-state index in [1.54, 1.807) is 11.5 Å². The molecule has 2 aliphatic rings. The highest BCUT2D eigenvalue weighted by Gasteiger charge is 2.42. The molecule has 1 N–H and O–H groups in total. The molecule has 0 saturated heterocycles. The Balaban J connectivity index is 1.87. The number of benzene rings is 1. The molecular weight excluding hydrogens is 421 g/mol. The fourth-order valence-corrected chi connectivity index (χ4v) is 4.84. The molecule has 0 fully saturated rings. The molecule has 1 aliphatic heterocycles. The zero-order valence-corrected chi connectivity index (χ0v) is 19.7. The van der Waals surface area contributed by atoms with Crippen molar-refractivity contribution in [1.29, 1.82) is 0 Å². The van der Waals surface area contributed by atoms with Gasteiger partial charge in [-0.2, -0.15) is 0 Å². The summed E-state index contributed by atoms with van der Waals surface area (Å²) in [4.78, 5) is 28.5. The van der Waals surface area contributed by atoms with Crippen molar-refractivity contribution >= 4 is 18.0 Å². The minimum absolute atomic E-state index is 0.134. The van der Waals surface area contributed by atoms with Gasteiger partial charge in [0.05, 0.1) is 12.6 Å². The predicted octanol–water partition coefficient (Wildman–Crippen LogP) is 4.28. The number of carbonyl (C=O) groups is 2. The summed E-state index contributed by atoms with van der Waals surface area (Å²) in [6.45, 7) is 6.08. The fourth-order valence-electron chi connectivity index (χ4n) is 4.84. The second-order valence-corrected chi connectivity index (χ2v) is 9.18. The van der Waals surface area contributed by atoms with Gasteiger partial charge in [-0.05, 0) is 57.2 Å². The van der Waals surface area contributed by atoms with Gasteiger partial charge in [-0.25, -0.2) is 9.18 Å². The lowest BCUT2D eigenvalue weighted by Gasteiger charge is -2.38. The van der Waals surface area contributed by atoms with Gasteiger partial charge < -0.3 is 9.64 Å². The predicted molar refractivity (Wildman–Crippen MR) is 126 cm³/mol. The van der Waals surface area contributed by atoms with E-state index in [9.17, 15) is 14.0 Å². The number of likely N-dealkylation sites (N-methyl/N-ethyl adjacent to an activating group) is 1. The number of halogens is 1. The van der Waals surface area contributed by atoms with E-state index in [0.717, 1.165) is 28.2 Å². The third-order valence-electron chi connectivity index (χ3n) is 6.27. The van der Waals surface area contributed by atoms with Crippen LogP contribution in [0.1, 0.15) is 53.6 Å². The number of nitrogens with one attached hydrogen (secondary N) is 1. The first-order valence-electron chi connectivity index (χ1n) is 11.2. The Hall–Kier alpha value is -3.19. The van der Waals surface area contributed by atoms with E-state index in [-0.39, 0.29) is 18.2 Å². The number of hydrogen-bond donors (Lipinski definition) is 1. The molecule has 1 aromatic carbocycles. The van der Waals surface area contributed by atoms with Crippen molar-refractivity contribution < 1.29 is 18.7 Å². The van der Waals surface area contributed by atoms with Crippen molar-refractivity contribution in [1.82, 2.24) is 14.8 Å². The molecular formula is C26H30FN3O3. The highest BCUT2D eigenvalue weighted by atomic mass is 19.1. The molecule has 33 heavy (non-hydrogen) atoms. The topological polar surface area (TPSA) is 63.6 Å². The maximum Gasteiger partial charge on any atom is 0.418 e. The number of ether oxygens (including phenoxy) is 1. The molecule has 1 atom stereocenters. The summed E-state index contributed by atoms with van der Waals surface area (Å²) < 4.78 is 20.5. The van der Waals surface area contributed by atoms with Gasteiger partial charge in [-0.15, -0.1) is 0 Å². The summed E-state index contributed by atoms with van der Waals surface area (Å²) in [5, 5.41) is 3.49. The van der Waals surface area contributed by atoms with Crippen LogP contribution in [-0.2, 0) is 23.1 Å². The van der Waals surface area contributed by atoms with Gasteiger partial charge in [0.2, 0.25) is 0 Å². The third-order valence-corrected chi connectivity index (χ3v) is 6.27. The van der Waals surface area contributed by atoms with Crippen LogP contribution in [0, 0.1) is 5.82 Å². The molecule has 4 rings (SSSR count). The Bertz CT molecular complexity index is 1160.